The molecule has 0 saturated carbocycles. The van der Waals surface area contributed by atoms with Crippen LogP contribution in [0.1, 0.15) is 67.7 Å². The number of aromatic amines is 1. The summed E-state index contributed by atoms with van der Waals surface area (Å²) in [7, 11) is -1.13. The minimum atomic E-state index is -1.13. The van der Waals surface area contributed by atoms with Crippen LogP contribution < -0.4 is 0 Å². The van der Waals surface area contributed by atoms with Gasteiger partial charge < -0.3 is 19.9 Å². The van der Waals surface area contributed by atoms with E-state index in [0.29, 0.717) is 26.0 Å². The predicted octanol–water partition coefficient (Wildman–Crippen LogP) is 5.90. The highest BCUT2D eigenvalue weighted by molar-refractivity contribution is 6.76. The highest BCUT2D eigenvalue weighted by atomic mass is 28.3. The van der Waals surface area contributed by atoms with E-state index in [2.05, 4.69) is 56.8 Å². The summed E-state index contributed by atoms with van der Waals surface area (Å²) in [6.07, 6.45) is 7.94. The number of benzene rings is 1. The zero-order valence-electron chi connectivity index (χ0n) is 24.5. The lowest BCUT2D eigenvalue weighted by Crippen LogP contribution is -2.38. The monoisotopic (exact) mass is 553 g/mol. The summed E-state index contributed by atoms with van der Waals surface area (Å²) in [5.74, 6) is 0.109. The van der Waals surface area contributed by atoms with Gasteiger partial charge in [0.25, 0.3) is 0 Å². The van der Waals surface area contributed by atoms with Crippen molar-refractivity contribution in [1.82, 2.24) is 14.8 Å². The molecule has 0 aliphatic heterocycles. The first-order chi connectivity index (χ1) is 18.6. The van der Waals surface area contributed by atoms with Crippen LogP contribution in [0, 0.1) is 6.92 Å². The smallest absolute Gasteiger partial charge is 0.143 e. The molecule has 2 aromatic heterocycles. The Morgan fingerprint density at radius 1 is 1.18 bits per heavy atom. The number of aryl methyl sites for hydroxylation is 3. The van der Waals surface area contributed by atoms with Gasteiger partial charge in [-0.3, -0.25) is 4.79 Å². The summed E-state index contributed by atoms with van der Waals surface area (Å²) in [5.41, 5.74) is 6.59. The molecule has 7 nitrogen and oxygen atoms in total. The van der Waals surface area contributed by atoms with Gasteiger partial charge in [-0.05, 0) is 85.9 Å². The number of fused-ring (bicyclic) bond motifs is 5. The lowest BCUT2D eigenvalue weighted by molar-refractivity contribution is -0.126. The lowest BCUT2D eigenvalue weighted by Gasteiger charge is -2.33. The van der Waals surface area contributed by atoms with Crippen molar-refractivity contribution in [2.24, 2.45) is 0 Å². The maximum atomic E-state index is 13.6. The molecule has 214 valence electrons. The Hall–Kier alpha value is -2.26. The molecule has 39 heavy (non-hydrogen) atoms. The Bertz CT molecular complexity index is 1280. The van der Waals surface area contributed by atoms with Crippen molar-refractivity contribution in [3.05, 3.63) is 40.6 Å². The molecule has 2 heterocycles. The molecule has 0 atom stereocenters. The van der Waals surface area contributed by atoms with Crippen LogP contribution in [0.25, 0.3) is 22.3 Å². The van der Waals surface area contributed by atoms with E-state index in [0.717, 1.165) is 72.8 Å². The Balaban J connectivity index is 1.72. The third kappa shape index (κ3) is 6.40. The van der Waals surface area contributed by atoms with Gasteiger partial charge in [-0.15, -0.1) is 0 Å². The third-order valence-corrected chi connectivity index (χ3v) is 10.0. The molecule has 4 rings (SSSR count). The van der Waals surface area contributed by atoms with E-state index < -0.39 is 13.5 Å². The van der Waals surface area contributed by atoms with Gasteiger partial charge in [-0.2, -0.15) is 5.10 Å². The molecule has 0 bridgehead atoms. The zero-order valence-corrected chi connectivity index (χ0v) is 25.5. The van der Waals surface area contributed by atoms with Crippen LogP contribution in [0.15, 0.2) is 18.3 Å². The Labute approximate surface area is 234 Å². The average Bonchev–Trinajstić information content (AvgIpc) is 3.40. The summed E-state index contributed by atoms with van der Waals surface area (Å²) in [6.45, 7) is 12.2. The highest BCUT2D eigenvalue weighted by Crippen LogP contribution is 2.41. The maximum Gasteiger partial charge on any atom is 0.143 e. The molecule has 0 saturated heterocycles. The maximum absolute atomic E-state index is 13.6. The molecule has 8 heteroatoms. The van der Waals surface area contributed by atoms with E-state index in [1.54, 1.807) is 0 Å². The van der Waals surface area contributed by atoms with Crippen LogP contribution in [0.4, 0.5) is 0 Å². The molecule has 0 spiro atoms. The van der Waals surface area contributed by atoms with E-state index in [1.807, 2.05) is 4.68 Å². The van der Waals surface area contributed by atoms with Crippen molar-refractivity contribution in [3.8, 4) is 11.4 Å². The number of H-pyrrole nitrogens is 1. The average molecular weight is 554 g/mol. The molecule has 1 aliphatic rings. The highest BCUT2D eigenvalue weighted by Gasteiger charge is 2.40. The number of Topliss-reactive ketones (excluding diaryl/α,β-unsaturated/α-hetero) is 1. The molecular formula is C31H47N3O4Si. The minimum absolute atomic E-state index is 0.0998. The second kappa shape index (κ2) is 12.5. The predicted molar refractivity (Wildman–Crippen MR) is 160 cm³/mol. The summed E-state index contributed by atoms with van der Waals surface area (Å²) >= 11 is 0. The summed E-state index contributed by atoms with van der Waals surface area (Å²) in [5, 5.41) is 26.1. The Kier molecular flexibility index (Phi) is 9.52. The normalized spacial score (nSPS) is 13.9. The van der Waals surface area contributed by atoms with Crippen molar-refractivity contribution < 1.29 is 19.7 Å². The van der Waals surface area contributed by atoms with Crippen molar-refractivity contribution in [2.45, 2.75) is 103 Å². The second-order valence-corrected chi connectivity index (χ2v) is 18.1. The number of nitrogens with zero attached hydrogens (tertiary/aromatic N) is 2. The van der Waals surface area contributed by atoms with Gasteiger partial charge in [0, 0.05) is 51.4 Å². The van der Waals surface area contributed by atoms with Gasteiger partial charge in [-0.25, -0.2) is 4.68 Å². The number of aromatic nitrogens is 3. The Morgan fingerprint density at radius 3 is 2.59 bits per heavy atom. The molecular weight excluding hydrogens is 506 g/mol. The van der Waals surface area contributed by atoms with Crippen LogP contribution in [0.3, 0.4) is 0 Å². The van der Waals surface area contributed by atoms with Gasteiger partial charge in [0.05, 0.1) is 11.1 Å². The molecule has 1 aliphatic carbocycles. The SMILES string of the molecule is CCCCC(=O)C(CCO)(CCO)c1cc2[nH]c3c(c2cc1C)CCCc1cn(COCC[Si](C)(C)C)nc1-3. The van der Waals surface area contributed by atoms with Crippen molar-refractivity contribution >= 4 is 24.8 Å². The number of carbonyl (C=O) groups excluding carboxylic acids is 1. The number of hydrogen-bond donors (Lipinski definition) is 3. The molecule has 0 fully saturated rings. The number of nitrogens with one attached hydrogen (secondary N) is 1. The number of aliphatic hydroxyl groups is 2. The van der Waals surface area contributed by atoms with Gasteiger partial charge in [0.15, 0.2) is 0 Å². The van der Waals surface area contributed by atoms with Gasteiger partial charge in [0.2, 0.25) is 0 Å². The quantitative estimate of drug-likeness (QED) is 0.170. The van der Waals surface area contributed by atoms with Gasteiger partial charge in [-0.1, -0.05) is 33.0 Å². The third-order valence-electron chi connectivity index (χ3n) is 8.30. The van der Waals surface area contributed by atoms with E-state index in [9.17, 15) is 15.0 Å². The zero-order chi connectivity index (χ0) is 28.2. The number of ketones is 1. The first-order valence-corrected chi connectivity index (χ1v) is 18.4. The lowest BCUT2D eigenvalue weighted by atomic mass is 9.69. The Morgan fingerprint density at radius 2 is 1.92 bits per heavy atom. The fraction of sp³-hybridized carbons (Fsp3) is 0.613. The number of ether oxygens (including phenoxy) is 1. The molecule has 0 unspecified atom stereocenters. The fourth-order valence-electron chi connectivity index (χ4n) is 6.08. The number of rotatable bonds is 14. The summed E-state index contributed by atoms with van der Waals surface area (Å²) < 4.78 is 7.89. The van der Waals surface area contributed by atoms with Crippen molar-refractivity contribution in [1.29, 1.82) is 0 Å². The molecule has 0 amide bonds. The number of unbranched alkanes of at least 4 members (excludes halogenated alkanes) is 1. The van der Waals surface area contributed by atoms with E-state index in [4.69, 9.17) is 9.84 Å². The van der Waals surface area contributed by atoms with Crippen molar-refractivity contribution in [2.75, 3.05) is 19.8 Å². The van der Waals surface area contributed by atoms with Crippen LogP contribution in [-0.4, -0.2) is 58.7 Å². The first-order valence-electron chi connectivity index (χ1n) is 14.7. The van der Waals surface area contributed by atoms with Gasteiger partial charge >= 0.3 is 0 Å². The largest absolute Gasteiger partial charge is 0.396 e. The molecule has 3 aromatic rings. The van der Waals surface area contributed by atoms with Crippen LogP contribution in [-0.2, 0) is 34.5 Å². The number of aliphatic hydroxyl groups excluding tert-OH is 2. The van der Waals surface area contributed by atoms with E-state index in [1.165, 1.54) is 16.5 Å². The molecule has 1 aromatic carbocycles. The first kappa shape index (κ1) is 29.7. The number of hydrogen-bond acceptors (Lipinski definition) is 5. The van der Waals surface area contributed by atoms with Crippen LogP contribution in [0.5, 0.6) is 0 Å². The van der Waals surface area contributed by atoms with Crippen LogP contribution >= 0.6 is 0 Å². The van der Waals surface area contributed by atoms with E-state index in [-0.39, 0.29) is 19.0 Å². The standard InChI is InChI=1S/C31H47N3O4Si/c1-6-7-11-28(37)31(12-14-35,13-15-36)26-19-27-25(18-22(26)2)24-10-8-9-23-20-34(33-29(23)30(24)32-27)21-38-16-17-39(3,4)5/h18-20,32,35-36H,6-17,21H2,1-5H3. The van der Waals surface area contributed by atoms with E-state index >= 15 is 0 Å². The topological polar surface area (TPSA) is 100 Å². The second-order valence-electron chi connectivity index (χ2n) is 12.5. The number of carbonyl (C=O) groups is 1. The molecule has 0 radical (unpaired) electrons. The van der Waals surface area contributed by atoms with Gasteiger partial charge in [0.1, 0.15) is 18.2 Å². The summed E-state index contributed by atoms with van der Waals surface area (Å²) in [4.78, 5) is 17.3. The van der Waals surface area contributed by atoms with Crippen molar-refractivity contribution in [3.63, 3.8) is 0 Å². The molecule has 3 N–H and O–H groups in total. The fourth-order valence-corrected chi connectivity index (χ4v) is 6.84. The van der Waals surface area contributed by atoms with Crippen LogP contribution in [0.2, 0.25) is 25.7 Å². The summed E-state index contributed by atoms with van der Waals surface area (Å²) in [6, 6.07) is 5.43. The minimum Gasteiger partial charge on any atom is -0.396 e.